The molecule has 27 heavy (non-hydrogen) atoms. The van der Waals surface area contributed by atoms with Crippen LogP contribution in [-0.2, 0) is 0 Å². The molecule has 1 amide bonds. The fourth-order valence-electron chi connectivity index (χ4n) is 3.30. The molecule has 1 aromatic carbocycles. The molecular weight excluding hydrogens is 342 g/mol. The van der Waals surface area contributed by atoms with Crippen LogP contribution in [0.25, 0.3) is 11.0 Å². The molecule has 0 N–H and O–H groups in total. The minimum Gasteiger partial charge on any atom is -0.467 e. The van der Waals surface area contributed by atoms with Gasteiger partial charge in [0.2, 0.25) is 0 Å². The summed E-state index contributed by atoms with van der Waals surface area (Å²) >= 11 is 0. The zero-order valence-electron chi connectivity index (χ0n) is 14.3. The molecule has 0 spiro atoms. The predicted molar refractivity (Wildman–Crippen MR) is 99.2 cm³/mol. The van der Waals surface area contributed by atoms with Gasteiger partial charge >= 0.3 is 0 Å². The second kappa shape index (κ2) is 6.25. The highest BCUT2D eigenvalue weighted by Gasteiger charge is 2.36. The normalized spacial score (nSPS) is 16.7. The fourth-order valence-corrected chi connectivity index (χ4v) is 3.30. The maximum Gasteiger partial charge on any atom is 0.274 e. The molecule has 0 radical (unpaired) electrons. The summed E-state index contributed by atoms with van der Waals surface area (Å²) in [4.78, 5) is 17.0. The number of furan rings is 2. The van der Waals surface area contributed by atoms with Gasteiger partial charge in [-0.15, -0.1) is 0 Å². The number of rotatable bonds is 3. The standard InChI is InChI=1S/C21H15N3O3/c25-21(14-7-9-22-10-8-14)24-17(19-6-3-11-26-19)13-16(23-24)20-12-15-4-1-2-5-18(15)27-20/h1-12,17H,13H2. The topological polar surface area (TPSA) is 71.8 Å². The lowest BCUT2D eigenvalue weighted by atomic mass is 10.1. The first-order valence-corrected chi connectivity index (χ1v) is 8.63. The summed E-state index contributed by atoms with van der Waals surface area (Å²) in [6, 6.07) is 16.4. The van der Waals surface area contributed by atoms with E-state index in [0.717, 1.165) is 16.7 Å². The first kappa shape index (κ1) is 15.6. The summed E-state index contributed by atoms with van der Waals surface area (Å²) < 4.78 is 11.5. The number of carbonyl (C=O) groups excluding carboxylic acids is 1. The number of hydrazone groups is 1. The van der Waals surface area contributed by atoms with E-state index < -0.39 is 0 Å². The van der Waals surface area contributed by atoms with Gasteiger partial charge in [-0.1, -0.05) is 18.2 Å². The van der Waals surface area contributed by atoms with Crippen molar-refractivity contribution in [1.82, 2.24) is 9.99 Å². The molecule has 1 aliphatic heterocycles. The van der Waals surface area contributed by atoms with E-state index >= 15 is 0 Å². The van der Waals surface area contributed by atoms with Gasteiger partial charge < -0.3 is 8.83 Å². The molecular formula is C21H15N3O3. The van der Waals surface area contributed by atoms with Crippen LogP contribution in [0.1, 0.15) is 34.3 Å². The van der Waals surface area contributed by atoms with Crippen LogP contribution in [0.2, 0.25) is 0 Å². The third-order valence-electron chi connectivity index (χ3n) is 4.63. The number of fused-ring (bicyclic) bond motifs is 1. The molecule has 0 saturated carbocycles. The maximum absolute atomic E-state index is 13.0. The molecule has 0 saturated heterocycles. The number of hydrogen-bond donors (Lipinski definition) is 0. The third-order valence-corrected chi connectivity index (χ3v) is 4.63. The molecule has 0 aliphatic carbocycles. The molecule has 1 atom stereocenters. The van der Waals surface area contributed by atoms with E-state index in [9.17, 15) is 4.79 Å². The van der Waals surface area contributed by atoms with Gasteiger partial charge in [-0.2, -0.15) is 5.10 Å². The minimum absolute atomic E-state index is 0.204. The molecule has 6 heteroatoms. The van der Waals surface area contributed by atoms with Crippen molar-refractivity contribution >= 4 is 22.6 Å². The number of hydrogen-bond acceptors (Lipinski definition) is 5. The number of amides is 1. The van der Waals surface area contributed by atoms with Crippen LogP contribution in [0.5, 0.6) is 0 Å². The zero-order valence-corrected chi connectivity index (χ0v) is 14.3. The minimum atomic E-state index is -0.316. The first-order valence-electron chi connectivity index (χ1n) is 8.63. The average Bonchev–Trinajstić information content (AvgIpc) is 3.46. The number of carbonyl (C=O) groups is 1. The van der Waals surface area contributed by atoms with Gasteiger partial charge in [-0.25, -0.2) is 5.01 Å². The number of nitrogens with zero attached hydrogens (tertiary/aromatic N) is 3. The Morgan fingerprint density at radius 1 is 1.07 bits per heavy atom. The lowest BCUT2D eigenvalue weighted by Crippen LogP contribution is -2.26. The van der Waals surface area contributed by atoms with E-state index in [1.165, 1.54) is 5.01 Å². The van der Waals surface area contributed by atoms with E-state index in [1.54, 1.807) is 30.8 Å². The van der Waals surface area contributed by atoms with Gasteiger partial charge in [0.1, 0.15) is 23.1 Å². The van der Waals surface area contributed by atoms with Gasteiger partial charge in [0.05, 0.1) is 6.26 Å². The van der Waals surface area contributed by atoms with Crippen LogP contribution in [0.15, 0.2) is 87.2 Å². The molecule has 5 rings (SSSR count). The Bertz CT molecular complexity index is 1100. The van der Waals surface area contributed by atoms with Crippen LogP contribution in [0, 0.1) is 0 Å². The van der Waals surface area contributed by atoms with Gasteiger partial charge in [-0.3, -0.25) is 9.78 Å². The summed E-state index contributed by atoms with van der Waals surface area (Å²) in [7, 11) is 0. The third kappa shape index (κ3) is 2.71. The molecule has 132 valence electrons. The van der Waals surface area contributed by atoms with Crippen molar-refractivity contribution in [2.45, 2.75) is 12.5 Å². The van der Waals surface area contributed by atoms with Crippen molar-refractivity contribution in [3.8, 4) is 0 Å². The van der Waals surface area contributed by atoms with Crippen molar-refractivity contribution in [2.75, 3.05) is 0 Å². The zero-order chi connectivity index (χ0) is 18.2. The monoisotopic (exact) mass is 357 g/mol. The van der Waals surface area contributed by atoms with Crippen molar-refractivity contribution in [3.05, 3.63) is 90.3 Å². The van der Waals surface area contributed by atoms with Crippen molar-refractivity contribution < 1.29 is 13.6 Å². The molecule has 4 aromatic rings. The highest BCUT2D eigenvalue weighted by atomic mass is 16.3. The summed E-state index contributed by atoms with van der Waals surface area (Å²) in [5.41, 5.74) is 2.04. The second-order valence-electron chi connectivity index (χ2n) is 6.32. The van der Waals surface area contributed by atoms with Crippen LogP contribution in [0.3, 0.4) is 0 Å². The lowest BCUT2D eigenvalue weighted by Gasteiger charge is -2.19. The predicted octanol–water partition coefficient (Wildman–Crippen LogP) is 4.41. The highest BCUT2D eigenvalue weighted by molar-refractivity contribution is 6.05. The van der Waals surface area contributed by atoms with E-state index in [4.69, 9.17) is 8.83 Å². The van der Waals surface area contributed by atoms with Crippen LogP contribution >= 0.6 is 0 Å². The molecule has 3 aromatic heterocycles. The summed E-state index contributed by atoms with van der Waals surface area (Å²) in [5, 5.41) is 7.07. The Balaban J connectivity index is 1.55. The smallest absolute Gasteiger partial charge is 0.274 e. The number of pyridine rings is 1. The summed E-state index contributed by atoms with van der Waals surface area (Å²) in [6.45, 7) is 0. The van der Waals surface area contributed by atoms with E-state index in [0.29, 0.717) is 23.5 Å². The summed E-state index contributed by atoms with van der Waals surface area (Å²) in [6.07, 6.45) is 5.30. The first-order chi connectivity index (χ1) is 13.3. The molecule has 1 aliphatic rings. The Hall–Kier alpha value is -3.67. The number of para-hydroxylation sites is 1. The number of aromatic nitrogens is 1. The van der Waals surface area contributed by atoms with Crippen molar-refractivity contribution in [2.24, 2.45) is 5.10 Å². The summed E-state index contributed by atoms with van der Waals surface area (Å²) in [5.74, 6) is 1.15. The molecule has 0 fully saturated rings. The maximum atomic E-state index is 13.0. The van der Waals surface area contributed by atoms with Crippen molar-refractivity contribution in [3.63, 3.8) is 0 Å². The largest absolute Gasteiger partial charge is 0.467 e. The van der Waals surface area contributed by atoms with Gasteiger partial charge in [0, 0.05) is 29.8 Å². The Kier molecular flexibility index (Phi) is 3.60. The van der Waals surface area contributed by atoms with E-state index in [2.05, 4.69) is 10.1 Å². The average molecular weight is 357 g/mol. The fraction of sp³-hybridized carbons (Fsp3) is 0.0952. The molecule has 4 heterocycles. The van der Waals surface area contributed by atoms with Crippen LogP contribution < -0.4 is 0 Å². The molecule has 0 bridgehead atoms. The number of benzene rings is 1. The van der Waals surface area contributed by atoms with Crippen LogP contribution in [-0.4, -0.2) is 21.6 Å². The van der Waals surface area contributed by atoms with Crippen molar-refractivity contribution in [1.29, 1.82) is 0 Å². The van der Waals surface area contributed by atoms with Crippen LogP contribution in [0.4, 0.5) is 0 Å². The lowest BCUT2D eigenvalue weighted by molar-refractivity contribution is 0.0692. The molecule has 1 unspecified atom stereocenters. The second-order valence-corrected chi connectivity index (χ2v) is 6.32. The Morgan fingerprint density at radius 3 is 2.70 bits per heavy atom. The SMILES string of the molecule is O=C(c1ccncc1)N1N=C(c2cc3ccccc3o2)CC1c1ccco1. The Morgan fingerprint density at radius 2 is 1.93 bits per heavy atom. The quantitative estimate of drug-likeness (QED) is 0.544. The van der Waals surface area contributed by atoms with E-state index in [-0.39, 0.29) is 11.9 Å². The highest BCUT2D eigenvalue weighted by Crippen LogP contribution is 2.35. The van der Waals surface area contributed by atoms with Gasteiger partial charge in [0.15, 0.2) is 5.76 Å². The van der Waals surface area contributed by atoms with Gasteiger partial charge in [0.25, 0.3) is 5.91 Å². The van der Waals surface area contributed by atoms with E-state index in [1.807, 2.05) is 42.5 Å². The van der Waals surface area contributed by atoms with Gasteiger partial charge in [-0.05, 0) is 36.4 Å². The molecule has 6 nitrogen and oxygen atoms in total. The Labute approximate surface area is 154 Å².